The van der Waals surface area contributed by atoms with Crippen LogP contribution >= 0.6 is 0 Å². The van der Waals surface area contributed by atoms with Gasteiger partial charge in [0.1, 0.15) is 35.5 Å². The largest absolute Gasteiger partial charge is 0.457 e. The van der Waals surface area contributed by atoms with E-state index in [1.165, 1.54) is 6.33 Å². The van der Waals surface area contributed by atoms with E-state index in [0.29, 0.717) is 30.2 Å². The van der Waals surface area contributed by atoms with Crippen LogP contribution in [0.3, 0.4) is 0 Å². The molecular formula is C28H29N5O2. The van der Waals surface area contributed by atoms with Crippen LogP contribution in [0.1, 0.15) is 39.0 Å². The highest BCUT2D eigenvalue weighted by atomic mass is 16.5. The highest BCUT2D eigenvalue weighted by molar-refractivity contribution is 6.00. The van der Waals surface area contributed by atoms with Crippen LogP contribution in [0, 0.1) is 17.2 Å². The van der Waals surface area contributed by atoms with E-state index in [4.69, 9.17) is 10.5 Å². The van der Waals surface area contributed by atoms with Crippen LogP contribution in [0.2, 0.25) is 0 Å². The van der Waals surface area contributed by atoms with Gasteiger partial charge >= 0.3 is 0 Å². The van der Waals surface area contributed by atoms with Crippen molar-refractivity contribution >= 4 is 17.4 Å². The van der Waals surface area contributed by atoms with Crippen molar-refractivity contribution in [3.05, 3.63) is 72.6 Å². The Bertz CT molecular complexity index is 1230. The summed E-state index contributed by atoms with van der Waals surface area (Å²) in [5.74, 6) is 2.26. The summed E-state index contributed by atoms with van der Waals surface area (Å²) in [5.41, 5.74) is 8.12. The third kappa shape index (κ3) is 5.85. The number of para-hydroxylation sites is 1. The molecule has 1 aromatic heterocycles. The Balaban J connectivity index is 1.51. The maximum absolute atomic E-state index is 12.8. The summed E-state index contributed by atoms with van der Waals surface area (Å²) in [6, 6.07) is 19.3. The number of hydrogen-bond acceptors (Lipinski definition) is 7. The zero-order valence-electron chi connectivity index (χ0n) is 19.8. The minimum absolute atomic E-state index is 0.0491. The monoisotopic (exact) mass is 467 g/mol. The molecule has 7 heteroatoms. The number of anilines is 2. The number of aromatic nitrogens is 2. The van der Waals surface area contributed by atoms with E-state index in [1.54, 1.807) is 6.08 Å². The van der Waals surface area contributed by atoms with Crippen LogP contribution in [-0.2, 0) is 4.79 Å². The van der Waals surface area contributed by atoms with Gasteiger partial charge in [0.15, 0.2) is 5.78 Å². The zero-order chi connectivity index (χ0) is 24.6. The molecule has 0 unspecified atom stereocenters. The Labute approximate surface area is 205 Å². The van der Waals surface area contributed by atoms with Gasteiger partial charge in [0.05, 0.1) is 11.1 Å². The SMILES string of the molecule is CC/C=C(\C#N)C(=O)[C@H]1CCC[C@@H](Nc2ncnc(N)c2-c2ccc(Oc3ccccc3)cc2)C1. The summed E-state index contributed by atoms with van der Waals surface area (Å²) < 4.78 is 5.89. The molecule has 0 amide bonds. The summed E-state index contributed by atoms with van der Waals surface area (Å²) in [5, 5.41) is 12.9. The van der Waals surface area contributed by atoms with Gasteiger partial charge in [0, 0.05) is 12.0 Å². The Kier molecular flexibility index (Phi) is 7.74. The van der Waals surface area contributed by atoms with Crippen LogP contribution in [0.4, 0.5) is 11.6 Å². The first-order chi connectivity index (χ1) is 17.1. The van der Waals surface area contributed by atoms with Crippen LogP contribution in [0.25, 0.3) is 11.1 Å². The quantitative estimate of drug-likeness (QED) is 0.312. The van der Waals surface area contributed by atoms with E-state index < -0.39 is 0 Å². The van der Waals surface area contributed by atoms with Crippen LogP contribution in [-0.4, -0.2) is 21.8 Å². The summed E-state index contributed by atoms with van der Waals surface area (Å²) in [6.07, 6.45) is 7.08. The summed E-state index contributed by atoms with van der Waals surface area (Å²) >= 11 is 0. The van der Waals surface area contributed by atoms with E-state index in [1.807, 2.05) is 61.5 Å². The Morgan fingerprint density at radius 2 is 1.89 bits per heavy atom. The number of nitrogen functional groups attached to an aromatic ring is 1. The fraction of sp³-hybridized carbons (Fsp3) is 0.286. The van der Waals surface area contributed by atoms with Crippen molar-refractivity contribution in [2.24, 2.45) is 5.92 Å². The van der Waals surface area contributed by atoms with Crippen LogP contribution in [0.5, 0.6) is 11.5 Å². The van der Waals surface area contributed by atoms with Crippen molar-refractivity contribution in [1.29, 1.82) is 5.26 Å². The zero-order valence-corrected chi connectivity index (χ0v) is 19.8. The van der Waals surface area contributed by atoms with Gasteiger partial charge < -0.3 is 15.8 Å². The third-order valence-electron chi connectivity index (χ3n) is 6.18. The molecule has 0 bridgehead atoms. The minimum Gasteiger partial charge on any atom is -0.457 e. The molecule has 0 saturated heterocycles. The van der Waals surface area contributed by atoms with Gasteiger partial charge in [-0.25, -0.2) is 9.97 Å². The number of ketones is 1. The van der Waals surface area contributed by atoms with Crippen molar-refractivity contribution < 1.29 is 9.53 Å². The predicted molar refractivity (Wildman–Crippen MR) is 137 cm³/mol. The number of ether oxygens (including phenoxy) is 1. The lowest BCUT2D eigenvalue weighted by Crippen LogP contribution is -2.32. The number of carbonyl (C=O) groups is 1. The summed E-state index contributed by atoms with van der Waals surface area (Å²) in [6.45, 7) is 1.93. The van der Waals surface area contributed by atoms with Crippen molar-refractivity contribution in [3.8, 4) is 28.7 Å². The molecule has 1 saturated carbocycles. The van der Waals surface area contributed by atoms with Crippen molar-refractivity contribution in [2.45, 2.75) is 45.1 Å². The molecule has 35 heavy (non-hydrogen) atoms. The first-order valence-electron chi connectivity index (χ1n) is 11.9. The molecule has 3 aromatic rings. The van der Waals surface area contributed by atoms with E-state index >= 15 is 0 Å². The molecule has 7 nitrogen and oxygen atoms in total. The molecule has 1 aliphatic rings. The number of carbonyl (C=O) groups excluding carboxylic acids is 1. The number of nitriles is 1. The third-order valence-corrected chi connectivity index (χ3v) is 6.18. The number of nitrogens with two attached hydrogens (primary N) is 1. The highest BCUT2D eigenvalue weighted by Crippen LogP contribution is 2.35. The maximum atomic E-state index is 12.8. The number of benzene rings is 2. The van der Waals surface area contributed by atoms with E-state index in [9.17, 15) is 10.1 Å². The number of Topliss-reactive ketones (excluding diaryl/α,β-unsaturated/α-hetero) is 1. The van der Waals surface area contributed by atoms with Crippen molar-refractivity contribution in [3.63, 3.8) is 0 Å². The molecule has 1 aliphatic carbocycles. The molecule has 2 atom stereocenters. The number of allylic oxidation sites excluding steroid dienone is 2. The molecule has 1 fully saturated rings. The van der Waals surface area contributed by atoms with Gasteiger partial charge in [0.25, 0.3) is 0 Å². The second-order valence-electron chi connectivity index (χ2n) is 8.63. The molecule has 3 N–H and O–H groups in total. The lowest BCUT2D eigenvalue weighted by Gasteiger charge is -2.30. The fourth-order valence-electron chi connectivity index (χ4n) is 4.49. The van der Waals surface area contributed by atoms with Crippen molar-refractivity contribution in [1.82, 2.24) is 9.97 Å². The van der Waals surface area contributed by atoms with Gasteiger partial charge in [-0.05, 0) is 55.5 Å². The number of hydrogen-bond donors (Lipinski definition) is 2. The van der Waals surface area contributed by atoms with E-state index in [0.717, 1.165) is 36.1 Å². The number of nitrogens with zero attached hydrogens (tertiary/aromatic N) is 3. The molecule has 4 rings (SSSR count). The molecule has 0 aliphatic heterocycles. The first-order valence-corrected chi connectivity index (χ1v) is 11.9. The predicted octanol–water partition coefficient (Wildman–Crippen LogP) is 5.92. The van der Waals surface area contributed by atoms with Gasteiger partial charge in [-0.15, -0.1) is 0 Å². The standard InChI is InChI=1S/C28H29N5O2/c1-2-7-21(17-29)26(34)20-8-6-9-22(16-20)33-28-25(27(30)31-18-32-28)19-12-14-24(15-13-19)35-23-10-4-3-5-11-23/h3-5,7,10-15,18,20,22H,2,6,8-9,16H2,1H3,(H3,30,31,32,33)/b21-7+/t20-,22+/m0/s1. The Morgan fingerprint density at radius 3 is 2.60 bits per heavy atom. The number of rotatable bonds is 8. The fourth-order valence-corrected chi connectivity index (χ4v) is 4.49. The lowest BCUT2D eigenvalue weighted by atomic mass is 9.81. The second kappa shape index (κ2) is 11.3. The molecule has 178 valence electrons. The lowest BCUT2D eigenvalue weighted by molar-refractivity contribution is -0.119. The maximum Gasteiger partial charge on any atom is 0.176 e. The molecule has 0 spiro atoms. The molecular weight excluding hydrogens is 438 g/mol. The van der Waals surface area contributed by atoms with Gasteiger partial charge in [-0.2, -0.15) is 5.26 Å². The van der Waals surface area contributed by atoms with Crippen LogP contribution < -0.4 is 15.8 Å². The Morgan fingerprint density at radius 1 is 1.14 bits per heavy atom. The molecule has 0 radical (unpaired) electrons. The van der Waals surface area contributed by atoms with E-state index in [2.05, 4.69) is 21.4 Å². The summed E-state index contributed by atoms with van der Waals surface area (Å²) in [4.78, 5) is 21.5. The van der Waals surface area contributed by atoms with Gasteiger partial charge in [0.2, 0.25) is 0 Å². The van der Waals surface area contributed by atoms with Crippen molar-refractivity contribution in [2.75, 3.05) is 11.1 Å². The van der Waals surface area contributed by atoms with Crippen LogP contribution in [0.15, 0.2) is 72.6 Å². The smallest absolute Gasteiger partial charge is 0.176 e. The second-order valence-corrected chi connectivity index (χ2v) is 8.63. The average Bonchev–Trinajstić information content (AvgIpc) is 2.88. The highest BCUT2D eigenvalue weighted by Gasteiger charge is 2.29. The normalized spacial score (nSPS) is 17.9. The van der Waals surface area contributed by atoms with E-state index in [-0.39, 0.29) is 23.3 Å². The Hall–Kier alpha value is -4.18. The molecule has 2 aromatic carbocycles. The number of nitrogens with one attached hydrogen (secondary N) is 1. The first kappa shape index (κ1) is 24.0. The topological polar surface area (TPSA) is 114 Å². The van der Waals surface area contributed by atoms with Gasteiger partial charge in [-0.1, -0.05) is 49.8 Å². The average molecular weight is 468 g/mol. The van der Waals surface area contributed by atoms with Gasteiger partial charge in [-0.3, -0.25) is 4.79 Å². The molecule has 1 heterocycles. The summed E-state index contributed by atoms with van der Waals surface area (Å²) in [7, 11) is 0. The minimum atomic E-state index is -0.171.